The van der Waals surface area contributed by atoms with Gasteiger partial charge < -0.3 is 5.32 Å². The molecule has 1 heterocycles. The normalized spacial score (nSPS) is 15.0. The lowest BCUT2D eigenvalue weighted by atomic mass is 10.0. The molecule has 2 rings (SSSR count). The summed E-state index contributed by atoms with van der Waals surface area (Å²) in [7, 11) is 0. The van der Waals surface area contributed by atoms with Gasteiger partial charge in [-0.15, -0.1) is 0 Å². The fourth-order valence-electron chi connectivity index (χ4n) is 2.51. The molecule has 106 valence electrons. The van der Waals surface area contributed by atoms with Crippen LogP contribution in [0.3, 0.4) is 0 Å². The Morgan fingerprint density at radius 1 is 1.40 bits per heavy atom. The molecule has 1 aromatic rings. The number of nitriles is 1. The lowest BCUT2D eigenvalue weighted by molar-refractivity contribution is 0.429. The summed E-state index contributed by atoms with van der Waals surface area (Å²) in [5.41, 5.74) is 4.40. The van der Waals surface area contributed by atoms with E-state index in [1.165, 1.54) is 17.6 Å². The molecule has 20 heavy (non-hydrogen) atoms. The van der Waals surface area contributed by atoms with Gasteiger partial charge in [0.1, 0.15) is 6.07 Å². The van der Waals surface area contributed by atoms with Crippen LogP contribution in [0.4, 0.5) is 0 Å². The molecule has 1 N–H and O–H groups in total. The first-order chi connectivity index (χ1) is 9.49. The predicted molar refractivity (Wildman–Crippen MR) is 82.2 cm³/mol. The van der Waals surface area contributed by atoms with Gasteiger partial charge in [0.25, 0.3) is 0 Å². The average Bonchev–Trinajstić information content (AvgIpc) is 2.91. The minimum Gasteiger partial charge on any atom is -0.312 e. The van der Waals surface area contributed by atoms with E-state index in [0.29, 0.717) is 5.56 Å². The Kier molecular flexibility index (Phi) is 4.57. The monoisotopic (exact) mass is 269 g/mol. The molecule has 1 aliphatic rings. The minimum absolute atomic E-state index is 0.118. The summed E-state index contributed by atoms with van der Waals surface area (Å²) in [6, 6.07) is 4.18. The number of allylic oxidation sites excluding steroid dienone is 2. The number of nitrogens with one attached hydrogen (secondary N) is 1. The van der Waals surface area contributed by atoms with Crippen molar-refractivity contribution in [2.45, 2.75) is 52.0 Å². The van der Waals surface area contributed by atoms with Crippen molar-refractivity contribution in [2.75, 3.05) is 6.54 Å². The van der Waals surface area contributed by atoms with E-state index in [-0.39, 0.29) is 5.54 Å². The van der Waals surface area contributed by atoms with Crippen molar-refractivity contribution < 1.29 is 0 Å². The van der Waals surface area contributed by atoms with Crippen LogP contribution in [0.1, 0.15) is 56.9 Å². The zero-order valence-electron chi connectivity index (χ0n) is 12.7. The lowest BCUT2D eigenvalue weighted by Gasteiger charge is -2.21. The predicted octanol–water partition coefficient (Wildman–Crippen LogP) is 3.45. The molecule has 0 atom stereocenters. The average molecular weight is 269 g/mol. The van der Waals surface area contributed by atoms with E-state index in [1.54, 1.807) is 6.20 Å². The SMILES string of the molecule is CC(C)(C)NCCc1cc(C#N)cnc1C1=CCCC1. The zero-order valence-corrected chi connectivity index (χ0v) is 12.7. The minimum atomic E-state index is 0.118. The van der Waals surface area contributed by atoms with Crippen molar-refractivity contribution in [1.82, 2.24) is 10.3 Å². The van der Waals surface area contributed by atoms with E-state index < -0.39 is 0 Å². The largest absolute Gasteiger partial charge is 0.312 e. The molecule has 0 bridgehead atoms. The van der Waals surface area contributed by atoms with Gasteiger partial charge in [-0.05, 0) is 70.2 Å². The highest BCUT2D eigenvalue weighted by Gasteiger charge is 2.15. The summed E-state index contributed by atoms with van der Waals surface area (Å²) in [6.07, 6.45) is 8.36. The van der Waals surface area contributed by atoms with Crippen molar-refractivity contribution >= 4 is 5.57 Å². The molecule has 0 unspecified atom stereocenters. The van der Waals surface area contributed by atoms with Crippen molar-refractivity contribution in [2.24, 2.45) is 0 Å². The van der Waals surface area contributed by atoms with E-state index in [4.69, 9.17) is 5.26 Å². The molecule has 0 aromatic carbocycles. The molecular weight excluding hydrogens is 246 g/mol. The molecule has 1 aromatic heterocycles. The van der Waals surface area contributed by atoms with E-state index in [2.05, 4.69) is 43.2 Å². The van der Waals surface area contributed by atoms with Crippen LogP contribution in [0.5, 0.6) is 0 Å². The number of hydrogen-bond donors (Lipinski definition) is 1. The fraction of sp³-hybridized carbons (Fsp3) is 0.529. The van der Waals surface area contributed by atoms with Crippen molar-refractivity contribution in [3.8, 4) is 6.07 Å². The lowest BCUT2D eigenvalue weighted by Crippen LogP contribution is -2.37. The van der Waals surface area contributed by atoms with Gasteiger partial charge in [0, 0.05) is 11.7 Å². The summed E-state index contributed by atoms with van der Waals surface area (Å²) in [5.74, 6) is 0. The fourth-order valence-corrected chi connectivity index (χ4v) is 2.51. The first-order valence-corrected chi connectivity index (χ1v) is 7.33. The molecule has 3 nitrogen and oxygen atoms in total. The van der Waals surface area contributed by atoms with Crippen molar-refractivity contribution in [3.05, 3.63) is 35.2 Å². The summed E-state index contributed by atoms with van der Waals surface area (Å²) < 4.78 is 0. The van der Waals surface area contributed by atoms with Crippen LogP contribution in [0.2, 0.25) is 0 Å². The van der Waals surface area contributed by atoms with E-state index in [0.717, 1.165) is 31.5 Å². The number of aromatic nitrogens is 1. The maximum Gasteiger partial charge on any atom is 0.101 e. The third-order valence-electron chi connectivity index (χ3n) is 3.49. The first kappa shape index (κ1) is 14.7. The third-order valence-corrected chi connectivity index (χ3v) is 3.49. The van der Waals surface area contributed by atoms with Crippen LogP contribution < -0.4 is 5.32 Å². The second-order valence-electron chi connectivity index (χ2n) is 6.39. The molecule has 0 aliphatic heterocycles. The van der Waals surface area contributed by atoms with Gasteiger partial charge in [0.05, 0.1) is 11.3 Å². The van der Waals surface area contributed by atoms with Gasteiger partial charge in [0.15, 0.2) is 0 Å². The van der Waals surface area contributed by atoms with Crippen molar-refractivity contribution in [3.63, 3.8) is 0 Å². The van der Waals surface area contributed by atoms with Gasteiger partial charge in [-0.2, -0.15) is 5.26 Å². The highest BCUT2D eigenvalue weighted by atomic mass is 14.9. The Morgan fingerprint density at radius 3 is 2.80 bits per heavy atom. The number of hydrogen-bond acceptors (Lipinski definition) is 3. The Bertz CT molecular complexity index is 544. The quantitative estimate of drug-likeness (QED) is 0.910. The van der Waals surface area contributed by atoms with Crippen LogP contribution in [0, 0.1) is 11.3 Å². The number of nitrogens with zero attached hydrogens (tertiary/aromatic N) is 2. The molecule has 0 saturated heterocycles. The van der Waals surface area contributed by atoms with Gasteiger partial charge in [-0.25, -0.2) is 0 Å². The Morgan fingerprint density at radius 2 is 2.20 bits per heavy atom. The zero-order chi connectivity index (χ0) is 14.6. The van der Waals surface area contributed by atoms with E-state index in [9.17, 15) is 0 Å². The van der Waals surface area contributed by atoms with E-state index in [1.807, 2.05) is 6.07 Å². The molecule has 0 amide bonds. The molecule has 0 radical (unpaired) electrons. The second kappa shape index (κ2) is 6.19. The molecular formula is C17H23N3. The van der Waals surface area contributed by atoms with Gasteiger partial charge >= 0.3 is 0 Å². The smallest absolute Gasteiger partial charge is 0.101 e. The molecule has 3 heteroatoms. The maximum atomic E-state index is 9.05. The summed E-state index contributed by atoms with van der Waals surface area (Å²) in [6.45, 7) is 7.40. The Balaban J connectivity index is 2.17. The Hall–Kier alpha value is -1.66. The topological polar surface area (TPSA) is 48.7 Å². The van der Waals surface area contributed by atoms with Gasteiger partial charge in [0.2, 0.25) is 0 Å². The summed E-state index contributed by atoms with van der Waals surface area (Å²) >= 11 is 0. The highest BCUT2D eigenvalue weighted by Crippen LogP contribution is 2.29. The van der Waals surface area contributed by atoms with Gasteiger partial charge in [-0.3, -0.25) is 4.98 Å². The third kappa shape index (κ3) is 3.91. The van der Waals surface area contributed by atoms with Crippen molar-refractivity contribution in [1.29, 1.82) is 5.26 Å². The van der Waals surface area contributed by atoms with E-state index >= 15 is 0 Å². The van der Waals surface area contributed by atoms with Crippen LogP contribution in [-0.4, -0.2) is 17.1 Å². The standard InChI is InChI=1S/C17H23N3/c1-17(2,3)20-9-8-15-10-13(11-18)12-19-16(15)14-6-4-5-7-14/h6,10,12,20H,4-5,7-9H2,1-3H3. The summed E-state index contributed by atoms with van der Waals surface area (Å²) in [5, 5.41) is 12.5. The molecule has 0 fully saturated rings. The summed E-state index contributed by atoms with van der Waals surface area (Å²) in [4.78, 5) is 4.53. The number of pyridine rings is 1. The second-order valence-corrected chi connectivity index (χ2v) is 6.39. The molecule has 1 aliphatic carbocycles. The van der Waals surface area contributed by atoms with Crippen LogP contribution >= 0.6 is 0 Å². The van der Waals surface area contributed by atoms with Crippen LogP contribution in [-0.2, 0) is 6.42 Å². The van der Waals surface area contributed by atoms with Crippen LogP contribution in [0.25, 0.3) is 5.57 Å². The highest BCUT2D eigenvalue weighted by molar-refractivity contribution is 5.67. The van der Waals surface area contributed by atoms with Gasteiger partial charge in [-0.1, -0.05) is 6.08 Å². The first-order valence-electron chi connectivity index (χ1n) is 7.33. The molecule has 0 spiro atoms. The molecule has 0 saturated carbocycles. The number of rotatable bonds is 4. The maximum absolute atomic E-state index is 9.05. The van der Waals surface area contributed by atoms with Crippen LogP contribution in [0.15, 0.2) is 18.3 Å². The Labute approximate surface area is 121 Å².